The zero-order chi connectivity index (χ0) is 7.44. The van der Waals surface area contributed by atoms with Crippen LogP contribution in [-0.2, 0) is 4.79 Å². The fourth-order valence-electron chi connectivity index (χ4n) is 0.358. The molecule has 50 valence electrons. The van der Waals surface area contributed by atoms with Crippen LogP contribution in [0.25, 0.3) is 0 Å². The molecule has 0 aromatic rings. The van der Waals surface area contributed by atoms with E-state index < -0.39 is 11.9 Å². The summed E-state index contributed by atoms with van der Waals surface area (Å²) in [6.45, 7) is 3.33. The van der Waals surface area contributed by atoms with Crippen LogP contribution in [0.4, 0.5) is 0 Å². The lowest BCUT2D eigenvalue weighted by atomic mass is 9.97. The van der Waals surface area contributed by atoms with E-state index in [-0.39, 0.29) is 5.92 Å². The Morgan fingerprint density at radius 1 is 1.67 bits per heavy atom. The van der Waals surface area contributed by atoms with E-state index in [9.17, 15) is 4.79 Å². The van der Waals surface area contributed by atoms with Gasteiger partial charge in [0, 0.05) is 5.92 Å². The lowest BCUT2D eigenvalue weighted by Gasteiger charge is -2.07. The van der Waals surface area contributed by atoms with Gasteiger partial charge in [0.15, 0.2) is 0 Å². The molecule has 0 aliphatic rings. The number of hydrogen-bond donors (Lipinski definition) is 1. The molecule has 1 N–H and O–H groups in total. The third kappa shape index (κ3) is 2.18. The van der Waals surface area contributed by atoms with E-state index in [1.54, 1.807) is 13.8 Å². The van der Waals surface area contributed by atoms with Crippen molar-refractivity contribution in [2.45, 2.75) is 13.8 Å². The van der Waals surface area contributed by atoms with Crippen molar-refractivity contribution in [1.82, 2.24) is 0 Å². The molecule has 0 heterocycles. The third-order valence-electron chi connectivity index (χ3n) is 1.40. The first-order chi connectivity index (χ1) is 4.09. The molecule has 0 rings (SSSR count). The van der Waals surface area contributed by atoms with Crippen LogP contribution in [0.2, 0.25) is 0 Å². The molecular formula is C7H10O2. The highest BCUT2D eigenvalue weighted by molar-refractivity contribution is 5.70. The standard InChI is InChI=1S/C7H10O2/c1-4-5(2)6(3)7(8)9/h1,5-6H,2-3H3,(H,8,9). The summed E-state index contributed by atoms with van der Waals surface area (Å²) >= 11 is 0. The minimum Gasteiger partial charge on any atom is -0.481 e. The fourth-order valence-corrected chi connectivity index (χ4v) is 0.358. The van der Waals surface area contributed by atoms with Gasteiger partial charge >= 0.3 is 5.97 Å². The molecule has 0 radical (unpaired) electrons. The van der Waals surface area contributed by atoms with Crippen molar-refractivity contribution < 1.29 is 9.90 Å². The largest absolute Gasteiger partial charge is 0.481 e. The first-order valence-corrected chi connectivity index (χ1v) is 2.78. The summed E-state index contributed by atoms with van der Waals surface area (Å²) in [5, 5.41) is 8.39. The molecule has 2 nitrogen and oxygen atoms in total. The van der Waals surface area contributed by atoms with Gasteiger partial charge in [0.05, 0.1) is 5.92 Å². The van der Waals surface area contributed by atoms with Crippen molar-refractivity contribution in [3.8, 4) is 12.3 Å². The predicted molar refractivity (Wildman–Crippen MR) is 34.8 cm³/mol. The minimum atomic E-state index is -0.833. The van der Waals surface area contributed by atoms with Crippen molar-refractivity contribution >= 4 is 5.97 Å². The number of aliphatic carboxylic acids is 1. The number of rotatable bonds is 2. The van der Waals surface area contributed by atoms with Crippen molar-refractivity contribution in [2.24, 2.45) is 11.8 Å². The summed E-state index contributed by atoms with van der Waals surface area (Å²) in [5.41, 5.74) is 0. The highest BCUT2D eigenvalue weighted by Gasteiger charge is 2.16. The second kappa shape index (κ2) is 3.13. The van der Waals surface area contributed by atoms with Crippen LogP contribution in [0.1, 0.15) is 13.8 Å². The molecule has 0 bridgehead atoms. The van der Waals surface area contributed by atoms with Crippen LogP contribution in [0, 0.1) is 24.2 Å². The van der Waals surface area contributed by atoms with Gasteiger partial charge in [-0.15, -0.1) is 12.3 Å². The average Bonchev–Trinajstić information content (AvgIpc) is 1.84. The van der Waals surface area contributed by atoms with E-state index >= 15 is 0 Å². The smallest absolute Gasteiger partial charge is 0.307 e. The molecule has 0 amide bonds. The summed E-state index contributed by atoms with van der Waals surface area (Å²) in [5.74, 6) is 0.919. The monoisotopic (exact) mass is 126 g/mol. The quantitative estimate of drug-likeness (QED) is 0.560. The van der Waals surface area contributed by atoms with Crippen molar-refractivity contribution in [3.05, 3.63) is 0 Å². The molecule has 0 aliphatic heterocycles. The first kappa shape index (κ1) is 8.03. The molecular weight excluding hydrogens is 116 g/mol. The summed E-state index contributed by atoms with van der Waals surface area (Å²) < 4.78 is 0. The summed E-state index contributed by atoms with van der Waals surface area (Å²) in [6.07, 6.45) is 5.00. The Bertz CT molecular complexity index is 143. The summed E-state index contributed by atoms with van der Waals surface area (Å²) in [7, 11) is 0. The molecule has 2 heteroatoms. The van der Waals surface area contributed by atoms with Crippen molar-refractivity contribution in [1.29, 1.82) is 0 Å². The molecule has 9 heavy (non-hydrogen) atoms. The van der Waals surface area contributed by atoms with E-state index in [1.165, 1.54) is 0 Å². The molecule has 0 aliphatic carbocycles. The van der Waals surface area contributed by atoms with Crippen LogP contribution in [-0.4, -0.2) is 11.1 Å². The Morgan fingerprint density at radius 3 is 2.22 bits per heavy atom. The Balaban J connectivity index is 3.91. The summed E-state index contributed by atoms with van der Waals surface area (Å²) in [4.78, 5) is 10.2. The second-order valence-corrected chi connectivity index (χ2v) is 2.08. The van der Waals surface area contributed by atoms with Crippen LogP contribution >= 0.6 is 0 Å². The van der Waals surface area contributed by atoms with Crippen LogP contribution in [0.5, 0.6) is 0 Å². The van der Waals surface area contributed by atoms with Gasteiger partial charge in [0.25, 0.3) is 0 Å². The van der Waals surface area contributed by atoms with E-state index in [0.29, 0.717) is 0 Å². The number of hydrogen-bond acceptors (Lipinski definition) is 1. The summed E-state index contributed by atoms with van der Waals surface area (Å²) in [6, 6.07) is 0. The van der Waals surface area contributed by atoms with Gasteiger partial charge in [-0.2, -0.15) is 0 Å². The van der Waals surface area contributed by atoms with E-state index in [2.05, 4.69) is 5.92 Å². The van der Waals surface area contributed by atoms with E-state index in [4.69, 9.17) is 11.5 Å². The van der Waals surface area contributed by atoms with Gasteiger partial charge in [0.1, 0.15) is 0 Å². The molecule has 0 spiro atoms. The SMILES string of the molecule is C#CC(C)C(C)C(=O)O. The van der Waals surface area contributed by atoms with E-state index in [0.717, 1.165) is 0 Å². The maximum absolute atomic E-state index is 10.2. The molecule has 0 aromatic heterocycles. The average molecular weight is 126 g/mol. The highest BCUT2D eigenvalue weighted by atomic mass is 16.4. The second-order valence-electron chi connectivity index (χ2n) is 2.08. The maximum atomic E-state index is 10.2. The van der Waals surface area contributed by atoms with Crippen LogP contribution in [0.15, 0.2) is 0 Å². The topological polar surface area (TPSA) is 37.3 Å². The van der Waals surface area contributed by atoms with Crippen molar-refractivity contribution in [2.75, 3.05) is 0 Å². The zero-order valence-corrected chi connectivity index (χ0v) is 5.59. The normalized spacial score (nSPS) is 15.7. The number of carbonyl (C=O) groups is 1. The number of carboxylic acids is 1. The molecule has 2 unspecified atom stereocenters. The highest BCUT2D eigenvalue weighted by Crippen LogP contribution is 2.08. The van der Waals surface area contributed by atoms with Crippen LogP contribution in [0.3, 0.4) is 0 Å². The Morgan fingerprint density at radius 2 is 2.11 bits per heavy atom. The van der Waals surface area contributed by atoms with E-state index in [1.807, 2.05) is 0 Å². The molecule has 0 saturated carbocycles. The predicted octanol–water partition coefficient (Wildman–Crippen LogP) is 0.976. The Hall–Kier alpha value is -0.970. The lowest BCUT2D eigenvalue weighted by Crippen LogP contribution is -2.16. The fraction of sp³-hybridized carbons (Fsp3) is 0.571. The number of carboxylic acid groups (broad SMARTS) is 1. The molecule has 0 aromatic carbocycles. The maximum Gasteiger partial charge on any atom is 0.307 e. The molecule has 0 fully saturated rings. The van der Waals surface area contributed by atoms with Crippen LogP contribution < -0.4 is 0 Å². The lowest BCUT2D eigenvalue weighted by molar-refractivity contribution is -0.142. The number of terminal acetylenes is 1. The van der Waals surface area contributed by atoms with Gasteiger partial charge in [-0.25, -0.2) is 0 Å². The zero-order valence-electron chi connectivity index (χ0n) is 5.59. The minimum absolute atomic E-state index is 0.178. The van der Waals surface area contributed by atoms with Gasteiger partial charge < -0.3 is 5.11 Å². The third-order valence-corrected chi connectivity index (χ3v) is 1.40. The molecule has 2 atom stereocenters. The Kier molecular flexibility index (Phi) is 2.80. The van der Waals surface area contributed by atoms with Crippen molar-refractivity contribution in [3.63, 3.8) is 0 Å². The molecule has 0 saturated heterocycles. The van der Waals surface area contributed by atoms with Gasteiger partial charge in [-0.05, 0) is 0 Å². The first-order valence-electron chi connectivity index (χ1n) is 2.78. The Labute approximate surface area is 54.9 Å². The van der Waals surface area contributed by atoms with Gasteiger partial charge in [0.2, 0.25) is 0 Å². The van der Waals surface area contributed by atoms with Gasteiger partial charge in [-0.3, -0.25) is 4.79 Å². The van der Waals surface area contributed by atoms with Gasteiger partial charge in [-0.1, -0.05) is 13.8 Å².